The lowest BCUT2D eigenvalue weighted by Crippen LogP contribution is -2.37. The van der Waals surface area contributed by atoms with Crippen LogP contribution in [-0.2, 0) is 0 Å². The normalized spacial score (nSPS) is 30.1. The average Bonchev–Trinajstić information content (AvgIpc) is 2.43. The van der Waals surface area contributed by atoms with E-state index in [1.807, 2.05) is 0 Å². The van der Waals surface area contributed by atoms with Gasteiger partial charge in [0, 0.05) is 0 Å². The molecule has 0 saturated heterocycles. The highest BCUT2D eigenvalue weighted by atomic mass is 14.5. The lowest BCUT2D eigenvalue weighted by atomic mass is 9.57. The maximum Gasteiger partial charge on any atom is -0.0106 e. The van der Waals surface area contributed by atoms with Gasteiger partial charge < -0.3 is 0 Å². The maximum atomic E-state index is 2.49. The smallest absolute Gasteiger partial charge is 0.0106 e. The Balaban J connectivity index is 2.34. The molecule has 2 rings (SSSR count). The van der Waals surface area contributed by atoms with E-state index >= 15 is 0 Å². The number of hydrogen-bond acceptors (Lipinski definition) is 0. The molecule has 3 atom stereocenters. The molecular weight excluding hydrogens is 216 g/mol. The van der Waals surface area contributed by atoms with Crippen molar-refractivity contribution >= 4 is 0 Å². The van der Waals surface area contributed by atoms with Crippen LogP contribution in [0, 0.1) is 11.3 Å². The molecule has 0 heterocycles. The standard InChI is InChI=1S/C18H28/c1-4-17(16-12-7-6-8-13-16)18(5-2)14-10-9-11-15(18)3/h6-8,12-13,15,17H,4-5,9-11,14H2,1-3H3. The third kappa shape index (κ3) is 2.35. The number of hydrogen-bond donors (Lipinski definition) is 0. The minimum absolute atomic E-state index is 0.550. The molecule has 0 nitrogen and oxygen atoms in total. The highest BCUT2D eigenvalue weighted by Gasteiger charge is 2.42. The zero-order valence-corrected chi connectivity index (χ0v) is 12.3. The van der Waals surface area contributed by atoms with Crippen molar-refractivity contribution < 1.29 is 0 Å². The SMILES string of the molecule is CCC(c1ccccc1)C1(CC)CCCCC1C. The summed E-state index contributed by atoms with van der Waals surface area (Å²) >= 11 is 0. The summed E-state index contributed by atoms with van der Waals surface area (Å²) in [6.07, 6.45) is 8.34. The van der Waals surface area contributed by atoms with E-state index in [0.717, 1.165) is 11.8 Å². The fourth-order valence-corrected chi connectivity index (χ4v) is 4.39. The lowest BCUT2D eigenvalue weighted by molar-refractivity contribution is 0.0636. The highest BCUT2D eigenvalue weighted by molar-refractivity contribution is 5.23. The van der Waals surface area contributed by atoms with Gasteiger partial charge in [-0.05, 0) is 42.1 Å². The van der Waals surface area contributed by atoms with Gasteiger partial charge in [0.15, 0.2) is 0 Å². The van der Waals surface area contributed by atoms with Crippen LogP contribution >= 0.6 is 0 Å². The van der Waals surface area contributed by atoms with Gasteiger partial charge in [-0.25, -0.2) is 0 Å². The number of benzene rings is 1. The summed E-state index contributed by atoms with van der Waals surface area (Å²) in [4.78, 5) is 0. The Labute approximate surface area is 113 Å². The molecule has 100 valence electrons. The summed E-state index contributed by atoms with van der Waals surface area (Å²) in [7, 11) is 0. The molecule has 1 aromatic rings. The predicted octanol–water partition coefficient (Wildman–Crippen LogP) is 5.79. The fourth-order valence-electron chi connectivity index (χ4n) is 4.39. The van der Waals surface area contributed by atoms with Gasteiger partial charge in [-0.15, -0.1) is 0 Å². The molecule has 0 aromatic heterocycles. The Morgan fingerprint density at radius 1 is 1.17 bits per heavy atom. The second kappa shape index (κ2) is 5.91. The van der Waals surface area contributed by atoms with Crippen LogP contribution in [0.2, 0.25) is 0 Å². The minimum Gasteiger partial charge on any atom is -0.0648 e. The molecule has 0 heteroatoms. The van der Waals surface area contributed by atoms with Gasteiger partial charge in [0.2, 0.25) is 0 Å². The summed E-state index contributed by atoms with van der Waals surface area (Å²) in [6, 6.07) is 11.2. The molecule has 0 amide bonds. The molecule has 1 aromatic carbocycles. The van der Waals surface area contributed by atoms with Crippen molar-refractivity contribution in [2.24, 2.45) is 11.3 Å². The van der Waals surface area contributed by atoms with E-state index in [1.165, 1.54) is 38.5 Å². The van der Waals surface area contributed by atoms with Crippen molar-refractivity contribution in [2.75, 3.05) is 0 Å². The minimum atomic E-state index is 0.550. The van der Waals surface area contributed by atoms with Crippen molar-refractivity contribution in [1.29, 1.82) is 0 Å². The van der Waals surface area contributed by atoms with Crippen LogP contribution < -0.4 is 0 Å². The lowest BCUT2D eigenvalue weighted by Gasteiger charge is -2.48. The monoisotopic (exact) mass is 244 g/mol. The summed E-state index contributed by atoms with van der Waals surface area (Å²) in [6.45, 7) is 7.28. The molecule has 18 heavy (non-hydrogen) atoms. The Morgan fingerprint density at radius 3 is 2.44 bits per heavy atom. The van der Waals surface area contributed by atoms with Gasteiger partial charge in [-0.2, -0.15) is 0 Å². The summed E-state index contributed by atoms with van der Waals surface area (Å²) < 4.78 is 0. The van der Waals surface area contributed by atoms with Crippen molar-refractivity contribution in [3.63, 3.8) is 0 Å². The quantitative estimate of drug-likeness (QED) is 0.629. The zero-order valence-electron chi connectivity index (χ0n) is 12.3. The van der Waals surface area contributed by atoms with Crippen LogP contribution in [0.25, 0.3) is 0 Å². The second-order valence-electron chi connectivity index (χ2n) is 6.11. The Morgan fingerprint density at radius 2 is 1.89 bits per heavy atom. The van der Waals surface area contributed by atoms with E-state index in [2.05, 4.69) is 51.1 Å². The van der Waals surface area contributed by atoms with Crippen LogP contribution in [0.1, 0.15) is 70.8 Å². The maximum absolute atomic E-state index is 2.49. The Hall–Kier alpha value is -0.780. The van der Waals surface area contributed by atoms with E-state index in [9.17, 15) is 0 Å². The van der Waals surface area contributed by atoms with Crippen molar-refractivity contribution in [3.05, 3.63) is 35.9 Å². The first-order valence-corrected chi connectivity index (χ1v) is 7.79. The van der Waals surface area contributed by atoms with E-state index in [4.69, 9.17) is 0 Å². The van der Waals surface area contributed by atoms with Crippen LogP contribution in [-0.4, -0.2) is 0 Å². The van der Waals surface area contributed by atoms with Gasteiger partial charge in [0.25, 0.3) is 0 Å². The first-order chi connectivity index (χ1) is 8.74. The second-order valence-corrected chi connectivity index (χ2v) is 6.11. The van der Waals surface area contributed by atoms with Crippen molar-refractivity contribution in [3.8, 4) is 0 Å². The van der Waals surface area contributed by atoms with Gasteiger partial charge in [-0.1, -0.05) is 70.4 Å². The third-order valence-corrected chi connectivity index (χ3v) is 5.47. The van der Waals surface area contributed by atoms with Crippen molar-refractivity contribution in [1.82, 2.24) is 0 Å². The third-order valence-electron chi connectivity index (χ3n) is 5.47. The summed E-state index contributed by atoms with van der Waals surface area (Å²) in [5.41, 5.74) is 2.12. The topological polar surface area (TPSA) is 0 Å². The van der Waals surface area contributed by atoms with Crippen molar-refractivity contribution in [2.45, 2.75) is 65.2 Å². The number of rotatable bonds is 4. The summed E-state index contributed by atoms with van der Waals surface area (Å²) in [5, 5.41) is 0. The van der Waals surface area contributed by atoms with Crippen LogP contribution in [0.15, 0.2) is 30.3 Å². The molecule has 3 unspecified atom stereocenters. The highest BCUT2D eigenvalue weighted by Crippen LogP contribution is 2.54. The first kappa shape index (κ1) is 13.6. The van der Waals surface area contributed by atoms with Gasteiger partial charge in [-0.3, -0.25) is 0 Å². The Bertz CT molecular complexity index is 354. The van der Waals surface area contributed by atoms with Gasteiger partial charge in [0.1, 0.15) is 0 Å². The molecule has 0 spiro atoms. The van der Waals surface area contributed by atoms with Gasteiger partial charge in [0.05, 0.1) is 0 Å². The predicted molar refractivity (Wildman–Crippen MR) is 79.8 cm³/mol. The van der Waals surface area contributed by atoms with Gasteiger partial charge >= 0.3 is 0 Å². The molecule has 0 N–H and O–H groups in total. The van der Waals surface area contributed by atoms with Crippen LogP contribution in [0.3, 0.4) is 0 Å². The summed E-state index contributed by atoms with van der Waals surface area (Å²) in [5.74, 6) is 1.63. The van der Waals surface area contributed by atoms with E-state index in [0.29, 0.717) is 5.41 Å². The zero-order chi connectivity index (χ0) is 13.0. The average molecular weight is 244 g/mol. The van der Waals surface area contributed by atoms with E-state index in [-0.39, 0.29) is 0 Å². The molecule has 0 bridgehead atoms. The van der Waals surface area contributed by atoms with E-state index in [1.54, 1.807) is 5.56 Å². The molecule has 0 radical (unpaired) electrons. The Kier molecular flexibility index (Phi) is 4.48. The van der Waals surface area contributed by atoms with Crippen LogP contribution in [0.4, 0.5) is 0 Å². The van der Waals surface area contributed by atoms with E-state index < -0.39 is 0 Å². The molecule has 1 aliphatic rings. The molecule has 1 saturated carbocycles. The molecule has 1 aliphatic carbocycles. The molecule has 0 aliphatic heterocycles. The van der Waals surface area contributed by atoms with Crippen LogP contribution in [0.5, 0.6) is 0 Å². The largest absolute Gasteiger partial charge is 0.0648 e. The first-order valence-electron chi connectivity index (χ1n) is 7.79. The molecular formula is C18H28. The molecule has 1 fully saturated rings. The fraction of sp³-hybridized carbons (Fsp3) is 0.667.